The molecule has 4 nitrogen and oxygen atoms in total. The predicted molar refractivity (Wildman–Crippen MR) is 121 cm³/mol. The first-order valence-corrected chi connectivity index (χ1v) is 11.2. The zero-order valence-corrected chi connectivity index (χ0v) is 17.4. The monoisotopic (exact) mass is 425 g/mol. The molecule has 0 fully saturated rings. The van der Waals surface area contributed by atoms with Crippen molar-refractivity contribution in [1.29, 1.82) is 5.26 Å². The van der Waals surface area contributed by atoms with E-state index in [9.17, 15) is 4.79 Å². The molecule has 30 heavy (non-hydrogen) atoms. The van der Waals surface area contributed by atoms with Crippen molar-refractivity contribution in [3.63, 3.8) is 0 Å². The Kier molecular flexibility index (Phi) is 4.83. The number of aromatic nitrogens is 2. The van der Waals surface area contributed by atoms with E-state index in [1.54, 1.807) is 11.8 Å². The maximum Gasteiger partial charge on any atom is 0.205 e. The van der Waals surface area contributed by atoms with Crippen LogP contribution in [0.25, 0.3) is 16.7 Å². The van der Waals surface area contributed by atoms with E-state index in [1.807, 2.05) is 79.0 Å². The van der Waals surface area contributed by atoms with E-state index in [-0.39, 0.29) is 5.78 Å². The van der Waals surface area contributed by atoms with Gasteiger partial charge in [0.2, 0.25) is 5.78 Å². The molecule has 0 aliphatic carbocycles. The molecule has 0 amide bonds. The van der Waals surface area contributed by atoms with Crippen LogP contribution in [-0.4, -0.2) is 15.2 Å². The summed E-state index contributed by atoms with van der Waals surface area (Å²) in [7, 11) is 0. The Morgan fingerprint density at radius 3 is 2.57 bits per heavy atom. The van der Waals surface area contributed by atoms with E-state index in [0.717, 1.165) is 32.2 Å². The van der Waals surface area contributed by atoms with E-state index in [1.165, 1.54) is 11.3 Å². The van der Waals surface area contributed by atoms with Crippen LogP contribution in [0.4, 0.5) is 0 Å². The van der Waals surface area contributed by atoms with Crippen LogP contribution in [0.5, 0.6) is 0 Å². The molecule has 0 bridgehead atoms. The molecule has 0 aliphatic heterocycles. The number of hydrogen-bond acceptors (Lipinski definition) is 5. The van der Waals surface area contributed by atoms with Crippen LogP contribution in [0.3, 0.4) is 0 Å². The molecule has 0 N–H and O–H groups in total. The van der Waals surface area contributed by atoms with Gasteiger partial charge >= 0.3 is 0 Å². The second-order valence-corrected chi connectivity index (χ2v) is 9.01. The Labute approximate surface area is 181 Å². The van der Waals surface area contributed by atoms with Crippen molar-refractivity contribution in [3.8, 4) is 6.07 Å². The van der Waals surface area contributed by atoms with Gasteiger partial charge in [-0.25, -0.2) is 4.98 Å². The molecule has 0 unspecified atom stereocenters. The number of carbonyl (C=O) groups excluding carboxylic acids is 1. The van der Waals surface area contributed by atoms with Crippen LogP contribution in [0.2, 0.25) is 0 Å². The van der Waals surface area contributed by atoms with Gasteiger partial charge in [-0.05, 0) is 29.8 Å². The number of ketones is 1. The molecule has 0 aliphatic rings. The summed E-state index contributed by atoms with van der Waals surface area (Å²) in [6.45, 7) is 0. The average Bonchev–Trinajstić information content (AvgIpc) is 3.35. The number of pyridine rings is 1. The molecule has 144 valence electrons. The predicted octanol–water partition coefficient (Wildman–Crippen LogP) is 5.94. The summed E-state index contributed by atoms with van der Waals surface area (Å²) in [5.74, 6) is 0.750. The minimum Gasteiger partial charge on any atom is -0.298 e. The summed E-state index contributed by atoms with van der Waals surface area (Å²) in [4.78, 5) is 18.6. The van der Waals surface area contributed by atoms with Crippen molar-refractivity contribution in [2.75, 3.05) is 0 Å². The quantitative estimate of drug-likeness (QED) is 0.258. The Bertz CT molecular complexity index is 1410. The Hall–Kier alpha value is -3.40. The third kappa shape index (κ3) is 3.28. The lowest BCUT2D eigenvalue weighted by Crippen LogP contribution is -1.98. The molecule has 6 heteroatoms. The second-order valence-electron chi connectivity index (χ2n) is 6.75. The fourth-order valence-electron chi connectivity index (χ4n) is 3.34. The van der Waals surface area contributed by atoms with E-state index in [2.05, 4.69) is 10.5 Å². The van der Waals surface area contributed by atoms with Gasteiger partial charge in [0.05, 0.1) is 21.4 Å². The van der Waals surface area contributed by atoms with E-state index in [0.29, 0.717) is 16.0 Å². The first kappa shape index (κ1) is 18.6. The molecule has 3 aromatic heterocycles. The highest BCUT2D eigenvalue weighted by molar-refractivity contribution is 8.00. The zero-order valence-electron chi connectivity index (χ0n) is 15.8. The van der Waals surface area contributed by atoms with Crippen molar-refractivity contribution >= 4 is 45.6 Å². The molecule has 0 radical (unpaired) electrons. The van der Waals surface area contributed by atoms with Gasteiger partial charge in [0.1, 0.15) is 16.0 Å². The molecule has 0 saturated carbocycles. The van der Waals surface area contributed by atoms with Crippen LogP contribution in [-0.2, 0) is 5.75 Å². The summed E-state index contributed by atoms with van der Waals surface area (Å²) in [5.41, 5.74) is 5.01. The van der Waals surface area contributed by atoms with Crippen molar-refractivity contribution in [2.24, 2.45) is 0 Å². The molecule has 3 heterocycles. The molecule has 5 rings (SSSR count). The van der Waals surface area contributed by atoms with Gasteiger partial charge in [0.25, 0.3) is 0 Å². The summed E-state index contributed by atoms with van der Waals surface area (Å²) in [6, 6.07) is 25.0. The molecule has 0 atom stereocenters. The lowest BCUT2D eigenvalue weighted by atomic mass is 10.1. The fraction of sp³-hybridized carbons (Fsp3) is 0.0417. The fourth-order valence-corrected chi connectivity index (χ4v) is 5.75. The lowest BCUT2D eigenvalue weighted by Gasteiger charge is -2.02. The summed E-state index contributed by atoms with van der Waals surface area (Å²) < 4.78 is 3.11. The molecular weight excluding hydrogens is 410 g/mol. The van der Waals surface area contributed by atoms with Crippen molar-refractivity contribution in [1.82, 2.24) is 9.38 Å². The van der Waals surface area contributed by atoms with Crippen molar-refractivity contribution in [3.05, 3.63) is 101 Å². The standard InChI is InChI=1S/C24H15N3OS2/c25-14-16-9-11-17(12-10-16)15-29-24-21-20(26-19-8-4-5-13-27(19)21)23(30-24)22(28)18-6-2-1-3-7-18/h1-13H,15H2. The van der Waals surface area contributed by atoms with E-state index < -0.39 is 0 Å². The van der Waals surface area contributed by atoms with E-state index in [4.69, 9.17) is 10.2 Å². The maximum absolute atomic E-state index is 13.2. The van der Waals surface area contributed by atoms with Crippen molar-refractivity contribution < 1.29 is 4.79 Å². The van der Waals surface area contributed by atoms with E-state index >= 15 is 0 Å². The second kappa shape index (κ2) is 7.79. The van der Waals surface area contributed by atoms with Crippen LogP contribution >= 0.6 is 23.1 Å². The van der Waals surface area contributed by atoms with Gasteiger partial charge in [-0.3, -0.25) is 9.20 Å². The number of rotatable bonds is 5. The largest absolute Gasteiger partial charge is 0.298 e. The number of fused-ring (bicyclic) bond motifs is 3. The average molecular weight is 426 g/mol. The molecule has 0 spiro atoms. The van der Waals surface area contributed by atoms with Gasteiger partial charge in [0, 0.05) is 17.5 Å². The number of nitrogens with zero attached hydrogens (tertiary/aromatic N) is 3. The number of benzene rings is 2. The molecule has 5 aromatic rings. The van der Waals surface area contributed by atoms with Gasteiger partial charge in [-0.2, -0.15) is 5.26 Å². The number of hydrogen-bond donors (Lipinski definition) is 0. The van der Waals surface area contributed by atoms with Crippen LogP contribution in [0, 0.1) is 11.3 Å². The van der Waals surface area contributed by atoms with Gasteiger partial charge in [-0.15, -0.1) is 23.1 Å². The van der Waals surface area contributed by atoms with Gasteiger partial charge in [-0.1, -0.05) is 48.5 Å². The Morgan fingerprint density at radius 1 is 1.03 bits per heavy atom. The third-order valence-corrected chi connectivity index (χ3v) is 7.33. The highest BCUT2D eigenvalue weighted by atomic mass is 32.2. The third-order valence-electron chi connectivity index (χ3n) is 4.83. The molecule has 2 aromatic carbocycles. The number of nitriles is 1. The highest BCUT2D eigenvalue weighted by Gasteiger charge is 2.23. The first-order valence-electron chi connectivity index (χ1n) is 9.36. The van der Waals surface area contributed by atoms with Gasteiger partial charge in [0.15, 0.2) is 0 Å². The lowest BCUT2D eigenvalue weighted by molar-refractivity contribution is 0.104. The van der Waals surface area contributed by atoms with Gasteiger partial charge < -0.3 is 0 Å². The summed E-state index contributed by atoms with van der Waals surface area (Å²) >= 11 is 3.19. The smallest absolute Gasteiger partial charge is 0.205 e. The topological polar surface area (TPSA) is 58.2 Å². The van der Waals surface area contributed by atoms with Crippen LogP contribution in [0.15, 0.2) is 83.2 Å². The normalized spacial score (nSPS) is 11.0. The Morgan fingerprint density at radius 2 is 1.80 bits per heavy atom. The number of thioether (sulfide) groups is 1. The minimum atomic E-state index is -0.000714. The number of thiophene rings is 1. The summed E-state index contributed by atoms with van der Waals surface area (Å²) in [6.07, 6.45) is 1.99. The van der Waals surface area contributed by atoms with Crippen LogP contribution in [0.1, 0.15) is 26.4 Å². The minimum absolute atomic E-state index is 0.000714. The Balaban J connectivity index is 1.58. The first-order chi connectivity index (χ1) is 14.7. The highest BCUT2D eigenvalue weighted by Crippen LogP contribution is 2.40. The number of carbonyl (C=O) groups is 1. The zero-order chi connectivity index (χ0) is 20.5. The SMILES string of the molecule is N#Cc1ccc(CSc2sc(C(=O)c3ccccc3)c3nc4ccccn4c23)cc1. The molecular formula is C24H15N3OS2. The number of imidazole rings is 1. The molecule has 0 saturated heterocycles. The van der Waals surface area contributed by atoms with Crippen molar-refractivity contribution in [2.45, 2.75) is 9.96 Å². The van der Waals surface area contributed by atoms with Crippen LogP contribution < -0.4 is 0 Å². The summed E-state index contributed by atoms with van der Waals surface area (Å²) in [5, 5.41) is 8.99. The maximum atomic E-state index is 13.2.